The van der Waals surface area contributed by atoms with E-state index in [1.54, 1.807) is 6.08 Å². The van der Waals surface area contributed by atoms with E-state index in [1.165, 1.54) is 25.7 Å². The standard InChI is InChI=1S/C10H13NO/c12-7-11-10-8-5-3-1-2-4-6-9(8)10/h3,5,8-10H,1-2,4,6H2/b5-3-. The van der Waals surface area contributed by atoms with Crippen LogP contribution in [-0.2, 0) is 4.79 Å². The molecular formula is C10H13NO. The Bertz CT molecular complexity index is 240. The van der Waals surface area contributed by atoms with Crippen LogP contribution in [0.3, 0.4) is 0 Å². The van der Waals surface area contributed by atoms with Crippen molar-refractivity contribution in [3.63, 3.8) is 0 Å². The van der Waals surface area contributed by atoms with E-state index >= 15 is 0 Å². The maximum Gasteiger partial charge on any atom is 0.235 e. The summed E-state index contributed by atoms with van der Waals surface area (Å²) in [6, 6.07) is 0.275. The van der Waals surface area contributed by atoms with Crippen LogP contribution in [0, 0.1) is 11.8 Å². The first kappa shape index (κ1) is 7.75. The number of fused-ring (bicyclic) bond motifs is 1. The molecule has 0 heterocycles. The average Bonchev–Trinajstić information content (AvgIpc) is 2.61. The first-order valence-corrected chi connectivity index (χ1v) is 4.67. The number of hydrogen-bond acceptors (Lipinski definition) is 2. The Labute approximate surface area is 72.4 Å². The third-order valence-electron chi connectivity index (χ3n) is 2.90. The quantitative estimate of drug-likeness (QED) is 0.330. The van der Waals surface area contributed by atoms with E-state index < -0.39 is 0 Å². The molecule has 0 spiro atoms. The fraction of sp³-hybridized carbons (Fsp3) is 0.700. The van der Waals surface area contributed by atoms with Crippen LogP contribution in [0.25, 0.3) is 0 Å². The number of allylic oxidation sites excluding steroid dienone is 1. The van der Waals surface area contributed by atoms with E-state index in [0.717, 1.165) is 0 Å². The fourth-order valence-electron chi connectivity index (χ4n) is 2.14. The second kappa shape index (κ2) is 3.24. The second-order valence-corrected chi connectivity index (χ2v) is 3.66. The Kier molecular flexibility index (Phi) is 2.09. The molecule has 1 saturated carbocycles. The monoisotopic (exact) mass is 163 g/mol. The molecule has 0 aromatic heterocycles. The highest BCUT2D eigenvalue weighted by atomic mass is 16.1. The predicted octanol–water partition coefficient (Wildman–Crippen LogP) is 2.07. The zero-order valence-electron chi connectivity index (χ0n) is 7.07. The van der Waals surface area contributed by atoms with Crippen molar-refractivity contribution < 1.29 is 4.79 Å². The molecule has 0 aliphatic heterocycles. The SMILES string of the molecule is O=C=NC1C2/C=C\CCCCC21. The molecule has 0 radical (unpaired) electrons. The summed E-state index contributed by atoms with van der Waals surface area (Å²) in [6.07, 6.45) is 11.1. The van der Waals surface area contributed by atoms with Gasteiger partial charge in [-0.1, -0.05) is 18.6 Å². The molecule has 0 amide bonds. The maximum atomic E-state index is 10.1. The lowest BCUT2D eigenvalue weighted by Gasteiger charge is -1.99. The number of nitrogens with zero attached hydrogens (tertiary/aromatic N) is 1. The van der Waals surface area contributed by atoms with Gasteiger partial charge in [-0.15, -0.1) is 0 Å². The molecule has 2 rings (SSSR count). The number of aliphatic imine (C=N–C) groups is 1. The van der Waals surface area contributed by atoms with Gasteiger partial charge in [-0.2, -0.15) is 0 Å². The Morgan fingerprint density at radius 1 is 1.42 bits per heavy atom. The van der Waals surface area contributed by atoms with Gasteiger partial charge in [-0.05, 0) is 25.2 Å². The van der Waals surface area contributed by atoms with E-state index in [0.29, 0.717) is 11.8 Å². The molecular weight excluding hydrogens is 150 g/mol. The van der Waals surface area contributed by atoms with Gasteiger partial charge in [0.25, 0.3) is 0 Å². The molecule has 0 aromatic rings. The molecule has 0 N–H and O–H groups in total. The van der Waals surface area contributed by atoms with E-state index in [1.807, 2.05) is 0 Å². The van der Waals surface area contributed by atoms with Gasteiger partial charge in [0.15, 0.2) is 0 Å². The first-order valence-electron chi connectivity index (χ1n) is 4.67. The van der Waals surface area contributed by atoms with Crippen LogP contribution < -0.4 is 0 Å². The van der Waals surface area contributed by atoms with Crippen LogP contribution in [-0.4, -0.2) is 12.1 Å². The Hall–Kier alpha value is -0.880. The van der Waals surface area contributed by atoms with Gasteiger partial charge in [0.1, 0.15) is 0 Å². The summed E-state index contributed by atoms with van der Waals surface area (Å²) in [5.74, 6) is 1.22. The summed E-state index contributed by atoms with van der Waals surface area (Å²) in [6.45, 7) is 0. The van der Waals surface area contributed by atoms with Crippen molar-refractivity contribution in [1.29, 1.82) is 0 Å². The summed E-state index contributed by atoms with van der Waals surface area (Å²) < 4.78 is 0. The van der Waals surface area contributed by atoms with E-state index in [2.05, 4.69) is 17.1 Å². The van der Waals surface area contributed by atoms with Gasteiger partial charge >= 0.3 is 0 Å². The minimum absolute atomic E-state index is 0.275. The van der Waals surface area contributed by atoms with Crippen molar-refractivity contribution in [1.82, 2.24) is 0 Å². The molecule has 0 bridgehead atoms. The third kappa shape index (κ3) is 1.35. The van der Waals surface area contributed by atoms with Crippen LogP contribution in [0.1, 0.15) is 25.7 Å². The first-order chi connectivity index (χ1) is 5.93. The number of hydrogen-bond donors (Lipinski definition) is 0. The molecule has 2 aliphatic rings. The minimum Gasteiger partial charge on any atom is -0.211 e. The van der Waals surface area contributed by atoms with Gasteiger partial charge in [0, 0.05) is 5.92 Å². The van der Waals surface area contributed by atoms with Gasteiger partial charge < -0.3 is 0 Å². The van der Waals surface area contributed by atoms with Crippen LogP contribution in [0.2, 0.25) is 0 Å². The summed E-state index contributed by atoms with van der Waals surface area (Å²) in [5.41, 5.74) is 0. The fourth-order valence-corrected chi connectivity index (χ4v) is 2.14. The second-order valence-electron chi connectivity index (χ2n) is 3.66. The lowest BCUT2D eigenvalue weighted by atomic mass is 10.1. The number of rotatable bonds is 1. The third-order valence-corrected chi connectivity index (χ3v) is 2.90. The molecule has 0 saturated heterocycles. The molecule has 2 nitrogen and oxygen atoms in total. The highest BCUT2D eigenvalue weighted by Crippen LogP contribution is 2.47. The van der Waals surface area contributed by atoms with Crippen LogP contribution in [0.5, 0.6) is 0 Å². The topological polar surface area (TPSA) is 29.4 Å². The summed E-state index contributed by atoms with van der Waals surface area (Å²) in [7, 11) is 0. The van der Waals surface area contributed by atoms with Crippen LogP contribution >= 0.6 is 0 Å². The van der Waals surface area contributed by atoms with Crippen molar-refractivity contribution >= 4 is 6.08 Å². The van der Waals surface area contributed by atoms with Crippen molar-refractivity contribution in [2.24, 2.45) is 16.8 Å². The van der Waals surface area contributed by atoms with Crippen molar-refractivity contribution in [2.75, 3.05) is 0 Å². The Balaban J connectivity index is 2.02. The smallest absolute Gasteiger partial charge is 0.211 e. The average molecular weight is 163 g/mol. The largest absolute Gasteiger partial charge is 0.235 e. The number of carbonyl (C=O) groups excluding carboxylic acids is 1. The molecule has 3 unspecified atom stereocenters. The van der Waals surface area contributed by atoms with Gasteiger partial charge in [-0.25, -0.2) is 9.79 Å². The molecule has 2 aliphatic carbocycles. The van der Waals surface area contributed by atoms with Crippen molar-refractivity contribution in [2.45, 2.75) is 31.7 Å². The van der Waals surface area contributed by atoms with Crippen molar-refractivity contribution in [3.05, 3.63) is 12.2 Å². The summed E-state index contributed by atoms with van der Waals surface area (Å²) in [5, 5.41) is 0. The molecule has 12 heavy (non-hydrogen) atoms. The van der Waals surface area contributed by atoms with Gasteiger partial charge in [-0.3, -0.25) is 0 Å². The summed E-state index contributed by atoms with van der Waals surface area (Å²) >= 11 is 0. The van der Waals surface area contributed by atoms with E-state index in [-0.39, 0.29) is 6.04 Å². The zero-order valence-corrected chi connectivity index (χ0v) is 7.07. The van der Waals surface area contributed by atoms with E-state index in [9.17, 15) is 4.79 Å². The van der Waals surface area contributed by atoms with Gasteiger partial charge in [0.05, 0.1) is 6.04 Å². The van der Waals surface area contributed by atoms with Crippen molar-refractivity contribution in [3.8, 4) is 0 Å². The van der Waals surface area contributed by atoms with Crippen LogP contribution in [0.4, 0.5) is 0 Å². The van der Waals surface area contributed by atoms with E-state index in [4.69, 9.17) is 0 Å². The lowest BCUT2D eigenvalue weighted by molar-refractivity contribution is 0.560. The normalized spacial score (nSPS) is 41.5. The molecule has 0 aromatic carbocycles. The van der Waals surface area contributed by atoms with Gasteiger partial charge in [0.2, 0.25) is 6.08 Å². The highest BCUT2D eigenvalue weighted by molar-refractivity contribution is 5.36. The van der Waals surface area contributed by atoms with Crippen LogP contribution in [0.15, 0.2) is 17.1 Å². The zero-order chi connectivity index (χ0) is 8.39. The Morgan fingerprint density at radius 3 is 3.17 bits per heavy atom. The maximum absolute atomic E-state index is 10.1. The predicted molar refractivity (Wildman–Crippen MR) is 46.5 cm³/mol. The molecule has 1 fully saturated rings. The lowest BCUT2D eigenvalue weighted by Crippen LogP contribution is -1.85. The molecule has 3 atom stereocenters. The minimum atomic E-state index is 0.275. The highest BCUT2D eigenvalue weighted by Gasteiger charge is 2.48. The Morgan fingerprint density at radius 2 is 2.33 bits per heavy atom. The summed E-state index contributed by atoms with van der Waals surface area (Å²) in [4.78, 5) is 13.9. The number of isocyanates is 1. The molecule has 64 valence electrons. The molecule has 2 heteroatoms.